The Morgan fingerprint density at radius 3 is 2.24 bits per heavy atom. The molecule has 5 heteroatoms. The third kappa shape index (κ3) is 3.72. The Bertz CT molecular complexity index is 1960. The number of nitriles is 1. The van der Waals surface area contributed by atoms with Crippen molar-refractivity contribution in [3.05, 3.63) is 95.9 Å². The molecule has 0 aliphatic rings. The van der Waals surface area contributed by atoms with E-state index < -0.39 is 8.07 Å². The number of rotatable bonds is 3. The van der Waals surface area contributed by atoms with E-state index in [1.807, 2.05) is 55.1 Å². The summed E-state index contributed by atoms with van der Waals surface area (Å²) in [5, 5.41) is 15.0. The lowest BCUT2D eigenvalue weighted by molar-refractivity contribution is -0.659. The van der Waals surface area contributed by atoms with E-state index in [-0.39, 0.29) is 5.82 Å². The first-order valence-electron chi connectivity index (χ1n) is 12.8. The molecule has 6 rings (SSSR count). The van der Waals surface area contributed by atoms with Crippen LogP contribution in [0.1, 0.15) is 11.1 Å². The number of nitrogens with zero attached hydrogens (tertiary/aromatic N) is 2. The van der Waals surface area contributed by atoms with Gasteiger partial charge in [0.05, 0.1) is 25.3 Å². The van der Waals surface area contributed by atoms with Gasteiger partial charge < -0.3 is 4.42 Å². The van der Waals surface area contributed by atoms with E-state index in [4.69, 9.17) is 4.42 Å². The van der Waals surface area contributed by atoms with Crippen LogP contribution in [0.4, 0.5) is 4.39 Å². The number of furan rings is 1. The Labute approximate surface area is 222 Å². The van der Waals surface area contributed by atoms with Crippen molar-refractivity contribution in [2.75, 3.05) is 0 Å². The zero-order valence-corrected chi connectivity index (χ0v) is 23.2. The van der Waals surface area contributed by atoms with Crippen molar-refractivity contribution in [1.82, 2.24) is 0 Å². The summed E-state index contributed by atoms with van der Waals surface area (Å²) in [6.45, 7) is 8.48. The van der Waals surface area contributed by atoms with Crippen molar-refractivity contribution in [3.63, 3.8) is 0 Å². The highest BCUT2D eigenvalue weighted by molar-refractivity contribution is 6.88. The quantitative estimate of drug-likeness (QED) is 0.178. The fourth-order valence-corrected chi connectivity index (χ4v) is 6.84. The molecule has 0 aliphatic carbocycles. The van der Waals surface area contributed by atoms with Crippen LogP contribution in [0.2, 0.25) is 19.6 Å². The Hall–Kier alpha value is -4.27. The number of aryl methyl sites for hydroxylation is 2. The monoisotopic (exact) mass is 515 g/mol. The van der Waals surface area contributed by atoms with E-state index >= 15 is 4.39 Å². The molecule has 3 nitrogen and oxygen atoms in total. The second kappa shape index (κ2) is 8.65. The van der Waals surface area contributed by atoms with Crippen LogP contribution in [-0.4, -0.2) is 8.07 Å². The summed E-state index contributed by atoms with van der Waals surface area (Å²) in [5.74, 6) is -0.173. The summed E-state index contributed by atoms with van der Waals surface area (Å²) < 4.78 is 24.1. The van der Waals surface area contributed by atoms with Gasteiger partial charge >= 0.3 is 0 Å². The van der Waals surface area contributed by atoms with Gasteiger partial charge in [-0.2, -0.15) is 5.26 Å². The topological polar surface area (TPSA) is 40.8 Å². The fourth-order valence-electron chi connectivity index (χ4n) is 5.47. The third-order valence-electron chi connectivity index (χ3n) is 7.46. The van der Waals surface area contributed by atoms with Gasteiger partial charge in [0.1, 0.15) is 24.0 Å². The number of pyridine rings is 1. The second-order valence-electron chi connectivity index (χ2n) is 11.1. The minimum absolute atomic E-state index is 0.173. The van der Waals surface area contributed by atoms with Gasteiger partial charge in [0.25, 0.3) is 0 Å². The SMILES string of the molecule is Cc1ccc2c(oc3c(-c4ccc5ccccc5c4)c(C#N)ccc32)c1-c1cc(F)c([Si](C)(C)C)c[n+]1C. The molecular formula is C33H28FN2OSi+. The number of fused-ring (bicyclic) bond motifs is 4. The standard InChI is InChI=1S/C33H28FN2OSi/c1-20-10-14-25-26-15-13-24(18-35)31(23-12-11-21-8-6-7-9-22(21)16-23)33(26)37-32(25)30(20)28-17-27(34)29(19-36(28)2)38(3,4)5/h6-17,19H,1-5H3/q+1. The van der Waals surface area contributed by atoms with Crippen LogP contribution in [0.5, 0.6) is 0 Å². The molecule has 0 N–H and O–H groups in total. The van der Waals surface area contributed by atoms with Crippen molar-refractivity contribution in [2.45, 2.75) is 26.6 Å². The van der Waals surface area contributed by atoms with Crippen LogP contribution < -0.4 is 9.75 Å². The lowest BCUT2D eigenvalue weighted by Gasteiger charge is -2.16. The number of aromatic nitrogens is 1. The Morgan fingerprint density at radius 2 is 1.53 bits per heavy atom. The highest BCUT2D eigenvalue weighted by Gasteiger charge is 2.29. The van der Waals surface area contributed by atoms with Gasteiger partial charge in [-0.3, -0.25) is 0 Å². The highest BCUT2D eigenvalue weighted by atomic mass is 28.3. The number of hydrogen-bond donors (Lipinski definition) is 0. The normalized spacial score (nSPS) is 11.9. The van der Waals surface area contributed by atoms with Gasteiger partial charge in [0.2, 0.25) is 5.69 Å². The first-order chi connectivity index (χ1) is 18.2. The lowest BCUT2D eigenvalue weighted by Crippen LogP contribution is -2.47. The Kier molecular flexibility index (Phi) is 5.48. The van der Waals surface area contributed by atoms with Crippen molar-refractivity contribution in [3.8, 4) is 28.5 Å². The zero-order chi connectivity index (χ0) is 26.8. The minimum Gasteiger partial charge on any atom is -0.454 e. The molecule has 0 bridgehead atoms. The number of halogens is 1. The summed E-state index contributed by atoms with van der Waals surface area (Å²) in [4.78, 5) is 0. The van der Waals surface area contributed by atoms with Gasteiger partial charge in [0, 0.05) is 27.6 Å². The number of hydrogen-bond acceptors (Lipinski definition) is 2. The fraction of sp³-hybridized carbons (Fsp3) is 0.152. The first kappa shape index (κ1) is 24.1. The van der Waals surface area contributed by atoms with Crippen molar-refractivity contribution >= 4 is 46.0 Å². The average molecular weight is 516 g/mol. The molecular weight excluding hydrogens is 487 g/mol. The van der Waals surface area contributed by atoms with E-state index in [2.05, 4.69) is 62.1 Å². The first-order valence-corrected chi connectivity index (χ1v) is 16.3. The molecule has 0 atom stereocenters. The van der Waals surface area contributed by atoms with Crippen LogP contribution in [0.3, 0.4) is 0 Å². The molecule has 0 saturated heterocycles. The predicted octanol–water partition coefficient (Wildman–Crippen LogP) is 7.76. The zero-order valence-electron chi connectivity index (χ0n) is 22.2. The molecule has 0 fully saturated rings. The van der Waals surface area contributed by atoms with E-state index in [0.717, 1.165) is 54.7 Å². The van der Waals surface area contributed by atoms with Gasteiger partial charge in [0.15, 0.2) is 6.20 Å². The third-order valence-corrected chi connectivity index (χ3v) is 9.45. The van der Waals surface area contributed by atoms with Crippen LogP contribution in [0.25, 0.3) is 55.1 Å². The summed E-state index contributed by atoms with van der Waals surface area (Å²) in [5.41, 5.74) is 6.27. The molecule has 0 unspecified atom stereocenters. The Morgan fingerprint density at radius 1 is 0.842 bits per heavy atom. The molecule has 0 amide bonds. The molecule has 2 aromatic heterocycles. The molecule has 0 spiro atoms. The van der Waals surface area contributed by atoms with Gasteiger partial charge in [-0.1, -0.05) is 68.2 Å². The van der Waals surface area contributed by atoms with Gasteiger partial charge in [-0.15, -0.1) is 0 Å². The number of benzene rings is 4. The molecule has 0 saturated carbocycles. The molecule has 6 aromatic rings. The van der Waals surface area contributed by atoms with Crippen molar-refractivity contribution < 1.29 is 13.4 Å². The largest absolute Gasteiger partial charge is 0.454 e. The smallest absolute Gasteiger partial charge is 0.219 e. The van der Waals surface area contributed by atoms with Crippen molar-refractivity contribution in [2.24, 2.45) is 7.05 Å². The highest BCUT2D eigenvalue weighted by Crippen LogP contribution is 2.42. The summed E-state index contributed by atoms with van der Waals surface area (Å²) in [6, 6.07) is 26.4. The van der Waals surface area contributed by atoms with E-state index in [9.17, 15) is 5.26 Å². The molecule has 0 radical (unpaired) electrons. The van der Waals surface area contributed by atoms with Gasteiger partial charge in [-0.25, -0.2) is 8.96 Å². The van der Waals surface area contributed by atoms with Gasteiger partial charge in [-0.05, 0) is 47.0 Å². The Balaban J connectivity index is 1.67. The van der Waals surface area contributed by atoms with Crippen LogP contribution >= 0.6 is 0 Å². The maximum atomic E-state index is 15.4. The van der Waals surface area contributed by atoms with Crippen LogP contribution in [0.15, 0.2) is 83.4 Å². The summed E-state index contributed by atoms with van der Waals surface area (Å²) in [6.07, 6.45) is 1.94. The maximum absolute atomic E-state index is 15.4. The minimum atomic E-state index is -1.85. The molecule has 38 heavy (non-hydrogen) atoms. The predicted molar refractivity (Wildman–Crippen MR) is 156 cm³/mol. The second-order valence-corrected chi connectivity index (χ2v) is 16.1. The van der Waals surface area contributed by atoms with E-state index in [0.29, 0.717) is 16.7 Å². The summed E-state index contributed by atoms with van der Waals surface area (Å²) >= 11 is 0. The molecule has 0 aliphatic heterocycles. The molecule has 4 aromatic carbocycles. The summed E-state index contributed by atoms with van der Waals surface area (Å²) in [7, 11) is 0.114. The van der Waals surface area contributed by atoms with Crippen LogP contribution in [-0.2, 0) is 7.05 Å². The molecule has 2 heterocycles. The van der Waals surface area contributed by atoms with Crippen molar-refractivity contribution in [1.29, 1.82) is 5.26 Å². The molecule has 186 valence electrons. The van der Waals surface area contributed by atoms with E-state index in [1.54, 1.807) is 6.07 Å². The van der Waals surface area contributed by atoms with Crippen LogP contribution in [0, 0.1) is 24.1 Å². The maximum Gasteiger partial charge on any atom is 0.219 e. The average Bonchev–Trinajstić information content (AvgIpc) is 3.27. The lowest BCUT2D eigenvalue weighted by atomic mass is 9.95. The van der Waals surface area contributed by atoms with E-state index in [1.165, 1.54) is 0 Å².